The van der Waals surface area contributed by atoms with Gasteiger partial charge in [0, 0.05) is 5.69 Å². The predicted octanol–water partition coefficient (Wildman–Crippen LogP) is 3.75. The largest absolute Gasteiger partial charge is 0.449 e. The molecule has 2 aromatic rings. The maximum Gasteiger partial charge on any atom is 0.412 e. The average molecular weight is 495 g/mol. The van der Waals surface area contributed by atoms with Crippen LogP contribution in [0.4, 0.5) is 29.3 Å². The molecule has 0 bridgehead atoms. The molecule has 2 rings (SSSR count). The topological polar surface area (TPSA) is 123 Å². The average Bonchev–Trinajstić information content (AvgIpc) is 2.76. The molecule has 9 nitrogen and oxygen atoms in total. The molecule has 0 aliphatic rings. The van der Waals surface area contributed by atoms with Gasteiger partial charge in [0.05, 0.1) is 17.8 Å². The molecular formula is C23H24F3N3O6. The molecule has 0 unspecified atom stereocenters. The lowest BCUT2D eigenvalue weighted by Gasteiger charge is -2.19. The van der Waals surface area contributed by atoms with E-state index in [1.807, 2.05) is 5.32 Å². The maximum atomic E-state index is 13.6. The van der Waals surface area contributed by atoms with Crippen molar-refractivity contribution in [3.63, 3.8) is 0 Å². The van der Waals surface area contributed by atoms with E-state index in [1.165, 1.54) is 31.2 Å². The summed E-state index contributed by atoms with van der Waals surface area (Å²) in [5, 5.41) is 6.63. The number of rotatable bonds is 7. The number of carbonyl (C=O) groups is 4. The Hall–Kier alpha value is -4.09. The highest BCUT2D eigenvalue weighted by Crippen LogP contribution is 2.19. The van der Waals surface area contributed by atoms with E-state index in [0.717, 1.165) is 6.07 Å². The van der Waals surface area contributed by atoms with Crippen LogP contribution in [0.25, 0.3) is 0 Å². The number of hydrogen-bond acceptors (Lipinski definition) is 6. The SMILES string of the molecule is C[C@@H](OC(=O)c1cccc(NC(=O)OC(C)(C)C)c1)C(=O)NCC(=O)Nc1ccc(F)c(F)c1F. The summed E-state index contributed by atoms with van der Waals surface area (Å²) in [7, 11) is 0. The van der Waals surface area contributed by atoms with Gasteiger partial charge in [-0.05, 0) is 58.0 Å². The van der Waals surface area contributed by atoms with Gasteiger partial charge in [-0.15, -0.1) is 0 Å². The minimum Gasteiger partial charge on any atom is -0.449 e. The van der Waals surface area contributed by atoms with Crippen molar-refractivity contribution in [1.82, 2.24) is 5.32 Å². The highest BCUT2D eigenvalue weighted by Gasteiger charge is 2.21. The Balaban J connectivity index is 1.88. The molecule has 0 spiro atoms. The van der Waals surface area contributed by atoms with Crippen molar-refractivity contribution in [2.45, 2.75) is 39.4 Å². The van der Waals surface area contributed by atoms with Crippen LogP contribution in [0.1, 0.15) is 38.1 Å². The standard InChI is InChI=1S/C23H24F3N3O6/c1-12(20(31)27-11-17(30)29-16-9-8-15(24)18(25)19(16)26)34-21(32)13-6-5-7-14(10-13)28-22(33)35-23(2,3)4/h5-10,12H,11H2,1-4H3,(H,27,31)(H,28,33)(H,29,30)/t12-/m1/s1. The molecule has 0 heterocycles. The van der Waals surface area contributed by atoms with E-state index < -0.39 is 65.3 Å². The fraction of sp³-hybridized carbons (Fsp3) is 0.304. The Morgan fingerprint density at radius 2 is 1.66 bits per heavy atom. The van der Waals surface area contributed by atoms with E-state index in [0.29, 0.717) is 6.07 Å². The zero-order valence-corrected chi connectivity index (χ0v) is 19.3. The van der Waals surface area contributed by atoms with E-state index in [2.05, 4.69) is 10.6 Å². The fourth-order valence-electron chi connectivity index (χ4n) is 2.56. The van der Waals surface area contributed by atoms with Crippen LogP contribution in [0.5, 0.6) is 0 Å². The second-order valence-electron chi connectivity index (χ2n) is 8.24. The number of halogens is 3. The molecule has 0 saturated heterocycles. The van der Waals surface area contributed by atoms with Crippen LogP contribution >= 0.6 is 0 Å². The first-order valence-electron chi connectivity index (χ1n) is 10.3. The van der Waals surface area contributed by atoms with Crippen LogP contribution in [0, 0.1) is 17.5 Å². The quantitative estimate of drug-likeness (QED) is 0.397. The zero-order valence-electron chi connectivity index (χ0n) is 19.3. The van der Waals surface area contributed by atoms with Crippen LogP contribution in [-0.2, 0) is 19.1 Å². The van der Waals surface area contributed by atoms with Crippen LogP contribution < -0.4 is 16.0 Å². The molecule has 188 valence electrons. The molecule has 12 heteroatoms. The molecule has 1 atom stereocenters. The molecule has 0 aliphatic carbocycles. The molecular weight excluding hydrogens is 471 g/mol. The summed E-state index contributed by atoms with van der Waals surface area (Å²) in [6.07, 6.45) is -2.05. The van der Waals surface area contributed by atoms with Crippen LogP contribution in [0.3, 0.4) is 0 Å². The van der Waals surface area contributed by atoms with Crippen molar-refractivity contribution < 1.29 is 41.8 Å². The van der Waals surface area contributed by atoms with Gasteiger partial charge in [0.25, 0.3) is 5.91 Å². The van der Waals surface area contributed by atoms with E-state index in [-0.39, 0.29) is 11.3 Å². The van der Waals surface area contributed by atoms with Crippen molar-refractivity contribution in [3.8, 4) is 0 Å². The summed E-state index contributed by atoms with van der Waals surface area (Å²) in [4.78, 5) is 48.3. The minimum absolute atomic E-state index is 0.0322. The molecule has 0 fully saturated rings. The van der Waals surface area contributed by atoms with Gasteiger partial charge in [-0.3, -0.25) is 14.9 Å². The number of amides is 3. The van der Waals surface area contributed by atoms with Crippen molar-refractivity contribution >= 4 is 35.3 Å². The Morgan fingerprint density at radius 1 is 0.971 bits per heavy atom. The smallest absolute Gasteiger partial charge is 0.412 e. The third-order valence-electron chi connectivity index (χ3n) is 4.13. The Labute approximate surface area is 199 Å². The number of benzene rings is 2. The van der Waals surface area contributed by atoms with Gasteiger partial charge < -0.3 is 20.1 Å². The number of esters is 1. The summed E-state index contributed by atoms with van der Waals surface area (Å²) < 4.78 is 50.0. The number of ether oxygens (including phenoxy) is 2. The normalized spacial score (nSPS) is 11.7. The minimum atomic E-state index is -1.75. The van der Waals surface area contributed by atoms with E-state index >= 15 is 0 Å². The number of hydrogen-bond donors (Lipinski definition) is 3. The van der Waals surface area contributed by atoms with Gasteiger partial charge in [-0.2, -0.15) is 0 Å². The fourth-order valence-corrected chi connectivity index (χ4v) is 2.56. The Bertz CT molecular complexity index is 1130. The van der Waals surface area contributed by atoms with Gasteiger partial charge in [0.15, 0.2) is 23.6 Å². The number of carbonyl (C=O) groups excluding carboxylic acids is 4. The summed E-state index contributed by atoms with van der Waals surface area (Å²) in [6, 6.07) is 7.18. The highest BCUT2D eigenvalue weighted by atomic mass is 19.2. The third-order valence-corrected chi connectivity index (χ3v) is 4.13. The molecule has 3 amide bonds. The second-order valence-corrected chi connectivity index (χ2v) is 8.24. The number of nitrogens with one attached hydrogen (secondary N) is 3. The lowest BCUT2D eigenvalue weighted by molar-refractivity contribution is -0.130. The third kappa shape index (κ3) is 8.32. The first kappa shape index (κ1) is 27.2. The summed E-state index contributed by atoms with van der Waals surface area (Å²) in [6.45, 7) is 5.67. The zero-order chi connectivity index (χ0) is 26.3. The first-order chi connectivity index (χ1) is 16.3. The molecule has 35 heavy (non-hydrogen) atoms. The van der Waals surface area contributed by atoms with E-state index in [9.17, 15) is 32.3 Å². The van der Waals surface area contributed by atoms with Crippen molar-refractivity contribution in [2.75, 3.05) is 17.2 Å². The lowest BCUT2D eigenvalue weighted by Crippen LogP contribution is -2.40. The molecule has 0 radical (unpaired) electrons. The molecule has 0 aliphatic heterocycles. The van der Waals surface area contributed by atoms with Crippen molar-refractivity contribution in [2.24, 2.45) is 0 Å². The predicted molar refractivity (Wildman–Crippen MR) is 119 cm³/mol. The van der Waals surface area contributed by atoms with Crippen molar-refractivity contribution in [3.05, 3.63) is 59.4 Å². The van der Waals surface area contributed by atoms with Gasteiger partial charge in [-0.25, -0.2) is 22.8 Å². The first-order valence-corrected chi connectivity index (χ1v) is 10.3. The van der Waals surface area contributed by atoms with E-state index in [4.69, 9.17) is 9.47 Å². The molecule has 0 saturated carbocycles. The van der Waals surface area contributed by atoms with E-state index in [1.54, 1.807) is 20.8 Å². The lowest BCUT2D eigenvalue weighted by atomic mass is 10.2. The van der Waals surface area contributed by atoms with Gasteiger partial charge >= 0.3 is 12.1 Å². The molecule has 3 N–H and O–H groups in total. The highest BCUT2D eigenvalue weighted by molar-refractivity contribution is 5.97. The molecule has 2 aromatic carbocycles. The second kappa shape index (κ2) is 11.4. The Kier molecular flexibility index (Phi) is 8.81. The molecule has 0 aromatic heterocycles. The summed E-state index contributed by atoms with van der Waals surface area (Å²) in [5.74, 6) is -7.41. The van der Waals surface area contributed by atoms with Gasteiger partial charge in [-0.1, -0.05) is 6.07 Å². The van der Waals surface area contributed by atoms with Crippen LogP contribution in [0.15, 0.2) is 36.4 Å². The summed E-state index contributed by atoms with van der Waals surface area (Å²) >= 11 is 0. The maximum absolute atomic E-state index is 13.6. The van der Waals surface area contributed by atoms with Gasteiger partial charge in [0.2, 0.25) is 5.91 Å². The van der Waals surface area contributed by atoms with Crippen molar-refractivity contribution in [1.29, 1.82) is 0 Å². The Morgan fingerprint density at radius 3 is 2.31 bits per heavy atom. The number of anilines is 2. The van der Waals surface area contributed by atoms with Crippen LogP contribution in [0.2, 0.25) is 0 Å². The van der Waals surface area contributed by atoms with Gasteiger partial charge in [0.1, 0.15) is 5.60 Å². The van der Waals surface area contributed by atoms with Crippen LogP contribution in [-0.4, -0.2) is 42.1 Å². The summed E-state index contributed by atoms with van der Waals surface area (Å²) in [5.41, 5.74) is -1.04. The monoisotopic (exact) mass is 495 g/mol.